The molecule has 0 radical (unpaired) electrons. The topological polar surface area (TPSA) is 49.8 Å². The molecular weight excluding hydrogens is 212 g/mol. The molecule has 17 heavy (non-hydrogen) atoms. The predicted molar refractivity (Wildman–Crippen MR) is 70.2 cm³/mol. The zero-order valence-electron chi connectivity index (χ0n) is 11.0. The molecule has 94 valence electrons. The highest BCUT2D eigenvalue weighted by Gasteiger charge is 2.20. The van der Waals surface area contributed by atoms with Crippen molar-refractivity contribution in [1.82, 2.24) is 15.3 Å². The van der Waals surface area contributed by atoms with Gasteiger partial charge in [0.2, 0.25) is 0 Å². The van der Waals surface area contributed by atoms with E-state index in [2.05, 4.69) is 27.5 Å². The summed E-state index contributed by atoms with van der Waals surface area (Å²) in [4.78, 5) is 8.85. The van der Waals surface area contributed by atoms with E-state index in [4.69, 9.17) is 0 Å². The molecule has 4 heteroatoms. The van der Waals surface area contributed by atoms with Gasteiger partial charge >= 0.3 is 0 Å². The summed E-state index contributed by atoms with van der Waals surface area (Å²) in [5, 5.41) is 6.96. The lowest BCUT2D eigenvalue weighted by Gasteiger charge is -2.29. The molecule has 0 aromatic carbocycles. The van der Waals surface area contributed by atoms with Crippen LogP contribution in [0.3, 0.4) is 0 Å². The SMILES string of the molecule is Cc1cnc(C)c(NC(C)C2CCCNC2)n1. The summed E-state index contributed by atoms with van der Waals surface area (Å²) in [6.07, 6.45) is 4.38. The Morgan fingerprint density at radius 2 is 2.29 bits per heavy atom. The van der Waals surface area contributed by atoms with Crippen molar-refractivity contribution >= 4 is 5.82 Å². The van der Waals surface area contributed by atoms with E-state index in [9.17, 15) is 0 Å². The largest absolute Gasteiger partial charge is 0.366 e. The molecule has 2 rings (SSSR count). The number of anilines is 1. The Morgan fingerprint density at radius 1 is 1.47 bits per heavy atom. The maximum absolute atomic E-state index is 4.51. The van der Waals surface area contributed by atoms with Crippen molar-refractivity contribution in [3.8, 4) is 0 Å². The van der Waals surface area contributed by atoms with Gasteiger partial charge in [-0.25, -0.2) is 4.98 Å². The quantitative estimate of drug-likeness (QED) is 0.838. The fourth-order valence-electron chi connectivity index (χ4n) is 2.31. The van der Waals surface area contributed by atoms with E-state index in [1.807, 2.05) is 20.0 Å². The summed E-state index contributed by atoms with van der Waals surface area (Å²) in [5.74, 6) is 1.62. The second-order valence-electron chi connectivity index (χ2n) is 4.98. The van der Waals surface area contributed by atoms with Crippen LogP contribution in [0.15, 0.2) is 6.20 Å². The first-order chi connectivity index (χ1) is 8.16. The van der Waals surface area contributed by atoms with Crippen molar-refractivity contribution < 1.29 is 0 Å². The second kappa shape index (κ2) is 5.45. The number of rotatable bonds is 3. The summed E-state index contributed by atoms with van der Waals surface area (Å²) in [6, 6.07) is 0.442. The minimum atomic E-state index is 0.442. The molecular formula is C13H22N4. The zero-order valence-corrected chi connectivity index (χ0v) is 11.0. The molecule has 2 N–H and O–H groups in total. The van der Waals surface area contributed by atoms with Gasteiger partial charge in [-0.3, -0.25) is 4.98 Å². The molecule has 0 amide bonds. The van der Waals surface area contributed by atoms with Gasteiger partial charge in [0.05, 0.1) is 11.4 Å². The summed E-state index contributed by atoms with van der Waals surface area (Å²) in [7, 11) is 0. The number of nitrogens with one attached hydrogen (secondary N) is 2. The van der Waals surface area contributed by atoms with E-state index >= 15 is 0 Å². The number of hydrogen-bond donors (Lipinski definition) is 2. The molecule has 1 aliphatic rings. The Morgan fingerprint density at radius 3 is 3.00 bits per heavy atom. The van der Waals surface area contributed by atoms with Crippen LogP contribution in [0.1, 0.15) is 31.2 Å². The summed E-state index contributed by atoms with van der Waals surface area (Å²) in [6.45, 7) is 8.48. The monoisotopic (exact) mass is 234 g/mol. The number of nitrogens with zero attached hydrogens (tertiary/aromatic N) is 2. The summed E-state index contributed by atoms with van der Waals surface area (Å²) >= 11 is 0. The first-order valence-corrected chi connectivity index (χ1v) is 6.44. The van der Waals surface area contributed by atoms with Crippen molar-refractivity contribution in [3.05, 3.63) is 17.6 Å². The van der Waals surface area contributed by atoms with Crippen molar-refractivity contribution in [1.29, 1.82) is 0 Å². The lowest BCUT2D eigenvalue weighted by Crippen LogP contribution is -2.39. The highest BCUT2D eigenvalue weighted by atomic mass is 15.1. The maximum Gasteiger partial charge on any atom is 0.147 e. The zero-order chi connectivity index (χ0) is 12.3. The molecule has 0 aliphatic carbocycles. The van der Waals surface area contributed by atoms with E-state index in [1.165, 1.54) is 12.8 Å². The number of aromatic nitrogens is 2. The molecule has 2 atom stereocenters. The third-order valence-electron chi connectivity index (χ3n) is 3.48. The van der Waals surface area contributed by atoms with Gasteiger partial charge < -0.3 is 10.6 Å². The van der Waals surface area contributed by atoms with Crippen LogP contribution in [0.2, 0.25) is 0 Å². The Bertz CT molecular complexity index is 372. The smallest absolute Gasteiger partial charge is 0.147 e. The van der Waals surface area contributed by atoms with Gasteiger partial charge in [-0.1, -0.05) is 0 Å². The van der Waals surface area contributed by atoms with Gasteiger partial charge in [0.25, 0.3) is 0 Å². The molecule has 0 saturated carbocycles. The average molecular weight is 234 g/mol. The molecule has 1 saturated heterocycles. The summed E-state index contributed by atoms with van der Waals surface area (Å²) < 4.78 is 0. The van der Waals surface area contributed by atoms with E-state index < -0.39 is 0 Å². The molecule has 1 aromatic heterocycles. The Labute approximate surface area is 103 Å². The maximum atomic E-state index is 4.51. The Balaban J connectivity index is 2.01. The molecule has 2 heterocycles. The molecule has 2 unspecified atom stereocenters. The average Bonchev–Trinajstić information content (AvgIpc) is 2.35. The van der Waals surface area contributed by atoms with Crippen LogP contribution < -0.4 is 10.6 Å². The van der Waals surface area contributed by atoms with Crippen molar-refractivity contribution in [3.63, 3.8) is 0 Å². The standard InChI is InChI=1S/C13H22N4/c1-9-7-15-11(3)13(16-9)17-10(2)12-5-4-6-14-8-12/h7,10,12,14H,4-6,8H2,1-3H3,(H,16,17). The van der Waals surface area contributed by atoms with Crippen LogP contribution in [0.4, 0.5) is 5.82 Å². The van der Waals surface area contributed by atoms with Gasteiger partial charge in [0.1, 0.15) is 5.82 Å². The van der Waals surface area contributed by atoms with Crippen LogP contribution in [-0.4, -0.2) is 29.1 Å². The first-order valence-electron chi connectivity index (χ1n) is 6.44. The van der Waals surface area contributed by atoms with Crippen LogP contribution in [-0.2, 0) is 0 Å². The van der Waals surface area contributed by atoms with Gasteiger partial charge in [0, 0.05) is 12.2 Å². The molecule has 1 aliphatic heterocycles. The van der Waals surface area contributed by atoms with E-state index in [1.54, 1.807) is 0 Å². The van der Waals surface area contributed by atoms with E-state index in [0.717, 1.165) is 30.3 Å². The Kier molecular flexibility index (Phi) is 3.94. The van der Waals surface area contributed by atoms with Crippen LogP contribution in [0.5, 0.6) is 0 Å². The van der Waals surface area contributed by atoms with Crippen molar-refractivity contribution in [2.24, 2.45) is 5.92 Å². The minimum Gasteiger partial charge on any atom is -0.366 e. The molecule has 4 nitrogen and oxygen atoms in total. The van der Waals surface area contributed by atoms with Crippen LogP contribution >= 0.6 is 0 Å². The number of hydrogen-bond acceptors (Lipinski definition) is 4. The Hall–Kier alpha value is -1.16. The highest BCUT2D eigenvalue weighted by Crippen LogP contribution is 2.18. The predicted octanol–water partition coefficient (Wildman–Crippen LogP) is 1.89. The fourth-order valence-corrected chi connectivity index (χ4v) is 2.31. The van der Waals surface area contributed by atoms with E-state index in [-0.39, 0.29) is 0 Å². The highest BCUT2D eigenvalue weighted by molar-refractivity contribution is 5.40. The minimum absolute atomic E-state index is 0.442. The number of aryl methyl sites for hydroxylation is 2. The first kappa shape index (κ1) is 12.3. The third-order valence-corrected chi connectivity index (χ3v) is 3.48. The fraction of sp³-hybridized carbons (Fsp3) is 0.692. The van der Waals surface area contributed by atoms with E-state index in [0.29, 0.717) is 12.0 Å². The lowest BCUT2D eigenvalue weighted by atomic mass is 9.93. The summed E-state index contributed by atoms with van der Waals surface area (Å²) in [5.41, 5.74) is 1.94. The number of piperidine rings is 1. The molecule has 1 fully saturated rings. The van der Waals surface area contributed by atoms with Crippen LogP contribution in [0, 0.1) is 19.8 Å². The van der Waals surface area contributed by atoms with Crippen molar-refractivity contribution in [2.75, 3.05) is 18.4 Å². The van der Waals surface area contributed by atoms with Gasteiger partial charge in [-0.15, -0.1) is 0 Å². The lowest BCUT2D eigenvalue weighted by molar-refractivity contribution is 0.346. The molecule has 0 bridgehead atoms. The van der Waals surface area contributed by atoms with Gasteiger partial charge in [0.15, 0.2) is 0 Å². The molecule has 0 spiro atoms. The third kappa shape index (κ3) is 3.16. The van der Waals surface area contributed by atoms with Gasteiger partial charge in [-0.05, 0) is 52.6 Å². The van der Waals surface area contributed by atoms with Crippen LogP contribution in [0.25, 0.3) is 0 Å². The van der Waals surface area contributed by atoms with Gasteiger partial charge in [-0.2, -0.15) is 0 Å². The normalized spacial score (nSPS) is 22.2. The van der Waals surface area contributed by atoms with Crippen molar-refractivity contribution in [2.45, 2.75) is 39.7 Å². The second-order valence-corrected chi connectivity index (χ2v) is 4.98. The molecule has 1 aromatic rings.